The van der Waals surface area contributed by atoms with E-state index >= 15 is 0 Å². The lowest BCUT2D eigenvalue weighted by Gasteiger charge is -2.29. The maximum Gasteiger partial charge on any atom is 0.333 e. The molecular weight excluding hydrogens is 451 g/mol. The van der Waals surface area contributed by atoms with Crippen LogP contribution in [0.25, 0.3) is 5.69 Å². The summed E-state index contributed by atoms with van der Waals surface area (Å²) in [6, 6.07) is 14.7. The SMILES string of the molecule is Nc1c(C(=O)N[C@H]2CC[C@@H](c3ccccc3)CC2)n(-c2ccc(Cl)c(Cl)c2)c(=O)[nH]c1=O. The first-order chi connectivity index (χ1) is 15.3. The van der Waals surface area contributed by atoms with Gasteiger partial charge in [0.05, 0.1) is 15.7 Å². The van der Waals surface area contributed by atoms with Crippen molar-refractivity contribution >= 4 is 34.8 Å². The number of halogens is 2. The van der Waals surface area contributed by atoms with Crippen LogP contribution in [0, 0.1) is 0 Å². The lowest BCUT2D eigenvalue weighted by atomic mass is 9.82. The van der Waals surface area contributed by atoms with E-state index in [1.807, 2.05) is 18.2 Å². The van der Waals surface area contributed by atoms with Crippen LogP contribution in [0.3, 0.4) is 0 Å². The Labute approximate surface area is 194 Å². The molecule has 3 aromatic rings. The van der Waals surface area contributed by atoms with Gasteiger partial charge in [0.2, 0.25) is 0 Å². The first kappa shape index (κ1) is 22.2. The molecule has 0 saturated heterocycles. The number of hydrogen-bond acceptors (Lipinski definition) is 4. The zero-order valence-electron chi connectivity index (χ0n) is 17.1. The number of carbonyl (C=O) groups is 1. The Bertz CT molecular complexity index is 1260. The third-order valence-corrected chi connectivity index (χ3v) is 6.60. The molecule has 0 spiro atoms. The van der Waals surface area contributed by atoms with Crippen LogP contribution in [-0.4, -0.2) is 21.5 Å². The summed E-state index contributed by atoms with van der Waals surface area (Å²) in [5.41, 5.74) is 5.33. The Kier molecular flexibility index (Phi) is 6.39. The fourth-order valence-corrected chi connectivity index (χ4v) is 4.49. The highest BCUT2D eigenvalue weighted by Gasteiger charge is 2.27. The second-order valence-electron chi connectivity index (χ2n) is 7.89. The molecule has 1 aliphatic carbocycles. The van der Waals surface area contributed by atoms with Crippen molar-refractivity contribution in [1.82, 2.24) is 14.9 Å². The Morgan fingerprint density at radius 3 is 2.34 bits per heavy atom. The average molecular weight is 473 g/mol. The van der Waals surface area contributed by atoms with Gasteiger partial charge in [0.15, 0.2) is 0 Å². The lowest BCUT2D eigenvalue weighted by Crippen LogP contribution is -2.43. The largest absolute Gasteiger partial charge is 0.392 e. The summed E-state index contributed by atoms with van der Waals surface area (Å²) in [4.78, 5) is 40.0. The van der Waals surface area contributed by atoms with Gasteiger partial charge in [0, 0.05) is 6.04 Å². The number of nitrogen functional groups attached to an aromatic ring is 1. The summed E-state index contributed by atoms with van der Waals surface area (Å²) >= 11 is 12.1. The molecule has 166 valence electrons. The van der Waals surface area contributed by atoms with E-state index in [9.17, 15) is 14.4 Å². The van der Waals surface area contributed by atoms with Crippen molar-refractivity contribution in [2.75, 3.05) is 5.73 Å². The van der Waals surface area contributed by atoms with E-state index in [-0.39, 0.29) is 28.1 Å². The number of benzene rings is 2. The van der Waals surface area contributed by atoms with E-state index in [0.29, 0.717) is 10.9 Å². The minimum absolute atomic E-state index is 0.0847. The van der Waals surface area contributed by atoms with Gasteiger partial charge in [0.25, 0.3) is 11.5 Å². The number of aromatic nitrogens is 2. The number of hydrogen-bond donors (Lipinski definition) is 3. The molecule has 7 nitrogen and oxygen atoms in total. The molecule has 32 heavy (non-hydrogen) atoms. The van der Waals surface area contributed by atoms with Crippen molar-refractivity contribution in [2.45, 2.75) is 37.6 Å². The van der Waals surface area contributed by atoms with Gasteiger partial charge in [-0.15, -0.1) is 0 Å². The first-order valence-corrected chi connectivity index (χ1v) is 11.1. The number of H-pyrrole nitrogens is 1. The van der Waals surface area contributed by atoms with Gasteiger partial charge in [0.1, 0.15) is 11.4 Å². The van der Waals surface area contributed by atoms with E-state index in [1.54, 1.807) is 0 Å². The summed E-state index contributed by atoms with van der Waals surface area (Å²) in [5.74, 6) is -0.136. The normalized spacial score (nSPS) is 18.3. The predicted octanol–water partition coefficient (Wildman–Crippen LogP) is 3.87. The molecule has 2 aromatic carbocycles. The lowest BCUT2D eigenvalue weighted by molar-refractivity contribution is 0.0918. The predicted molar refractivity (Wildman–Crippen MR) is 126 cm³/mol. The van der Waals surface area contributed by atoms with Crippen LogP contribution >= 0.6 is 23.2 Å². The van der Waals surface area contributed by atoms with Crippen molar-refractivity contribution in [3.05, 3.63) is 90.7 Å². The summed E-state index contributed by atoms with van der Waals surface area (Å²) in [7, 11) is 0. The Morgan fingerprint density at radius 2 is 1.69 bits per heavy atom. The third kappa shape index (κ3) is 4.45. The molecule has 1 saturated carbocycles. The standard InChI is InChI=1S/C23H22Cl2N4O3/c24-17-11-10-16(12-18(17)25)29-20(19(26)21(30)28-23(29)32)22(31)27-15-8-6-14(7-9-15)13-4-2-1-3-5-13/h1-5,10-12,14-15H,6-9,26H2,(H,27,31)(H,28,30,32)/t14-,15+. The van der Waals surface area contributed by atoms with E-state index in [4.69, 9.17) is 28.9 Å². The number of amides is 1. The molecule has 0 bridgehead atoms. The van der Waals surface area contributed by atoms with Gasteiger partial charge >= 0.3 is 5.69 Å². The summed E-state index contributed by atoms with van der Waals surface area (Å²) in [5, 5.41) is 3.44. The van der Waals surface area contributed by atoms with E-state index in [2.05, 4.69) is 22.4 Å². The number of carbonyl (C=O) groups excluding carboxylic acids is 1. The van der Waals surface area contributed by atoms with E-state index < -0.39 is 17.2 Å². The zero-order valence-corrected chi connectivity index (χ0v) is 18.6. The molecule has 9 heteroatoms. The summed E-state index contributed by atoms with van der Waals surface area (Å²) in [6.07, 6.45) is 3.43. The van der Waals surface area contributed by atoms with Crippen LogP contribution in [-0.2, 0) is 0 Å². The van der Waals surface area contributed by atoms with Crippen molar-refractivity contribution in [3.63, 3.8) is 0 Å². The van der Waals surface area contributed by atoms with Crippen molar-refractivity contribution in [1.29, 1.82) is 0 Å². The maximum absolute atomic E-state index is 13.2. The van der Waals surface area contributed by atoms with Crippen molar-refractivity contribution in [2.24, 2.45) is 0 Å². The topological polar surface area (TPSA) is 110 Å². The number of nitrogens with two attached hydrogens (primary N) is 1. The Balaban J connectivity index is 1.59. The quantitative estimate of drug-likeness (QED) is 0.534. The van der Waals surface area contributed by atoms with Crippen LogP contribution in [0.2, 0.25) is 10.0 Å². The monoisotopic (exact) mass is 472 g/mol. The minimum atomic E-state index is -0.816. The molecule has 0 unspecified atom stereocenters. The molecule has 1 heterocycles. The molecule has 0 aliphatic heterocycles. The minimum Gasteiger partial charge on any atom is -0.392 e. The molecule has 1 amide bonds. The number of nitrogens with zero attached hydrogens (tertiary/aromatic N) is 1. The first-order valence-electron chi connectivity index (χ1n) is 10.3. The number of rotatable bonds is 4. The number of nitrogens with one attached hydrogen (secondary N) is 2. The second-order valence-corrected chi connectivity index (χ2v) is 8.70. The number of aromatic amines is 1. The molecule has 4 N–H and O–H groups in total. The van der Waals surface area contributed by atoms with Crippen LogP contribution in [0.1, 0.15) is 47.7 Å². The highest BCUT2D eigenvalue weighted by atomic mass is 35.5. The Morgan fingerprint density at radius 1 is 1.00 bits per heavy atom. The van der Waals surface area contributed by atoms with Crippen molar-refractivity contribution in [3.8, 4) is 5.69 Å². The molecule has 0 atom stereocenters. The van der Waals surface area contributed by atoms with Crippen LogP contribution in [0.15, 0.2) is 58.1 Å². The second kappa shape index (κ2) is 9.22. The summed E-state index contributed by atoms with van der Waals surface area (Å²) in [6.45, 7) is 0. The fourth-order valence-electron chi connectivity index (χ4n) is 4.19. The van der Waals surface area contributed by atoms with Gasteiger partial charge < -0.3 is 11.1 Å². The molecule has 0 radical (unpaired) electrons. The smallest absolute Gasteiger partial charge is 0.333 e. The van der Waals surface area contributed by atoms with E-state index in [1.165, 1.54) is 23.8 Å². The maximum atomic E-state index is 13.2. The van der Waals surface area contributed by atoms with Gasteiger partial charge in [-0.05, 0) is 55.4 Å². The van der Waals surface area contributed by atoms with Crippen LogP contribution < -0.4 is 22.3 Å². The Hall–Kier alpha value is -3.03. The summed E-state index contributed by atoms with van der Waals surface area (Å²) < 4.78 is 1.05. The van der Waals surface area contributed by atoms with Crippen LogP contribution in [0.4, 0.5) is 5.69 Å². The van der Waals surface area contributed by atoms with E-state index in [0.717, 1.165) is 30.3 Å². The third-order valence-electron chi connectivity index (χ3n) is 5.86. The number of anilines is 1. The fraction of sp³-hybridized carbons (Fsp3) is 0.261. The van der Waals surface area contributed by atoms with Crippen molar-refractivity contribution < 1.29 is 4.79 Å². The molecular formula is C23H22Cl2N4O3. The molecule has 1 aromatic heterocycles. The zero-order chi connectivity index (χ0) is 22.8. The van der Waals surface area contributed by atoms with Crippen LogP contribution in [0.5, 0.6) is 0 Å². The van der Waals surface area contributed by atoms with Gasteiger partial charge in [-0.1, -0.05) is 53.5 Å². The van der Waals surface area contributed by atoms with Gasteiger partial charge in [-0.3, -0.25) is 19.1 Å². The molecule has 4 rings (SSSR count). The highest BCUT2D eigenvalue weighted by Crippen LogP contribution is 2.33. The molecule has 1 fully saturated rings. The molecule has 1 aliphatic rings. The van der Waals surface area contributed by atoms with Gasteiger partial charge in [-0.2, -0.15) is 0 Å². The average Bonchev–Trinajstić information content (AvgIpc) is 2.79. The highest BCUT2D eigenvalue weighted by molar-refractivity contribution is 6.42. The van der Waals surface area contributed by atoms with Gasteiger partial charge in [-0.25, -0.2) is 4.79 Å².